The number of esters is 1. The number of aromatic nitrogens is 5. The van der Waals surface area contributed by atoms with Crippen molar-refractivity contribution in [1.29, 1.82) is 0 Å². The van der Waals surface area contributed by atoms with E-state index in [0.29, 0.717) is 38.2 Å². The highest BCUT2D eigenvalue weighted by atomic mass is 35.5. The molecule has 3 heterocycles. The first kappa shape index (κ1) is 28.4. The highest BCUT2D eigenvalue weighted by molar-refractivity contribution is 7.99. The second kappa shape index (κ2) is 12.2. The minimum absolute atomic E-state index is 0.0717. The van der Waals surface area contributed by atoms with Crippen LogP contribution in [-0.2, 0) is 29.4 Å². The van der Waals surface area contributed by atoms with Gasteiger partial charge in [0, 0.05) is 18.1 Å². The summed E-state index contributed by atoms with van der Waals surface area (Å²) in [4.78, 5) is 27.3. The number of aryl methyl sites for hydroxylation is 2. The van der Waals surface area contributed by atoms with Crippen molar-refractivity contribution in [2.45, 2.75) is 51.6 Å². The molecule has 0 saturated carbocycles. The Labute approximate surface area is 246 Å². The van der Waals surface area contributed by atoms with Crippen LogP contribution in [-0.4, -0.2) is 48.8 Å². The van der Waals surface area contributed by atoms with Crippen LogP contribution in [0.25, 0.3) is 17.2 Å². The third-order valence-electron chi connectivity index (χ3n) is 6.90. The van der Waals surface area contributed by atoms with Crippen LogP contribution in [0.15, 0.2) is 35.6 Å². The van der Waals surface area contributed by atoms with Crippen LogP contribution in [0.4, 0.5) is 5.00 Å². The monoisotopic (exact) mass is 598 g/mol. The average molecular weight is 599 g/mol. The lowest BCUT2D eigenvalue weighted by Gasteiger charge is -2.20. The summed E-state index contributed by atoms with van der Waals surface area (Å²) in [6, 6.07) is 7.92. The van der Waals surface area contributed by atoms with E-state index in [2.05, 4.69) is 27.5 Å². The number of amides is 1. The first-order valence-electron chi connectivity index (χ1n) is 13.2. The number of anilines is 1. The number of halogens is 1. The van der Waals surface area contributed by atoms with Crippen molar-refractivity contribution < 1.29 is 14.3 Å². The zero-order chi connectivity index (χ0) is 28.4. The topological polar surface area (TPSA) is 104 Å². The number of thioether (sulfide) groups is 1. The molecule has 9 nitrogen and oxygen atoms in total. The second-order valence-electron chi connectivity index (χ2n) is 9.76. The van der Waals surface area contributed by atoms with E-state index in [9.17, 15) is 9.59 Å². The Kier molecular flexibility index (Phi) is 8.62. The number of hydrogen-bond acceptors (Lipinski definition) is 8. The molecule has 1 aliphatic carbocycles. The van der Waals surface area contributed by atoms with Gasteiger partial charge in [-0.05, 0) is 62.3 Å². The van der Waals surface area contributed by atoms with Crippen molar-refractivity contribution in [2.75, 3.05) is 17.7 Å². The van der Waals surface area contributed by atoms with Gasteiger partial charge in [0.25, 0.3) is 0 Å². The van der Waals surface area contributed by atoms with Gasteiger partial charge in [0.05, 0.1) is 28.6 Å². The number of rotatable bonds is 9. The van der Waals surface area contributed by atoms with Gasteiger partial charge in [-0.15, -0.1) is 21.5 Å². The van der Waals surface area contributed by atoms with Gasteiger partial charge in [-0.25, -0.2) is 4.79 Å². The molecule has 1 amide bonds. The predicted octanol–water partition coefficient (Wildman–Crippen LogP) is 6.11. The number of thiophene rings is 1. The molecule has 0 radical (unpaired) electrons. The lowest BCUT2D eigenvalue weighted by molar-refractivity contribution is -0.113. The standard InChI is InChI=1S/C28H31ClN6O3S2/c1-5-17-10-11-19-21(13-17)40-26(23(19)27(37)38-6-2)30-22(36)15-39-28-32-31-25(24-20(29)14-34(4)33-24)35(28)18-9-7-8-16(3)12-18/h7-9,12,14,17H,5-6,10-11,13,15H2,1-4H3,(H,30,36)/t17-/m0/s1. The molecule has 40 heavy (non-hydrogen) atoms. The summed E-state index contributed by atoms with van der Waals surface area (Å²) < 4.78 is 8.84. The number of benzene rings is 1. The predicted molar refractivity (Wildman–Crippen MR) is 159 cm³/mol. The normalized spacial score (nSPS) is 14.7. The number of carbonyl (C=O) groups is 2. The van der Waals surface area contributed by atoms with Crippen molar-refractivity contribution in [3.63, 3.8) is 0 Å². The SMILES string of the molecule is CCOC(=O)c1c(NC(=O)CSc2nnc(-c3nn(C)cc3Cl)n2-c2cccc(C)c2)sc2c1CC[C@H](CC)C2. The number of hydrogen-bond donors (Lipinski definition) is 1. The zero-order valence-corrected chi connectivity index (χ0v) is 25.3. The van der Waals surface area contributed by atoms with Gasteiger partial charge in [-0.3, -0.25) is 14.0 Å². The highest BCUT2D eigenvalue weighted by Crippen LogP contribution is 2.41. The largest absolute Gasteiger partial charge is 0.462 e. The summed E-state index contributed by atoms with van der Waals surface area (Å²) in [7, 11) is 1.79. The maximum atomic E-state index is 13.2. The van der Waals surface area contributed by atoms with Crippen LogP contribution in [0.2, 0.25) is 5.02 Å². The Morgan fingerprint density at radius 1 is 1.27 bits per heavy atom. The molecule has 3 aromatic heterocycles. The summed E-state index contributed by atoms with van der Waals surface area (Å²) in [5.41, 5.74) is 3.93. The molecular weight excluding hydrogens is 568 g/mol. The third-order valence-corrected chi connectivity index (χ3v) is 9.27. The second-order valence-corrected chi connectivity index (χ2v) is 12.2. The molecule has 0 unspecified atom stereocenters. The first-order chi connectivity index (χ1) is 19.3. The van der Waals surface area contributed by atoms with E-state index in [4.69, 9.17) is 16.3 Å². The van der Waals surface area contributed by atoms with Gasteiger partial charge in [0.15, 0.2) is 11.0 Å². The van der Waals surface area contributed by atoms with Gasteiger partial charge in [0.1, 0.15) is 10.7 Å². The quantitative estimate of drug-likeness (QED) is 0.183. The summed E-state index contributed by atoms with van der Waals surface area (Å²) >= 11 is 9.20. The summed E-state index contributed by atoms with van der Waals surface area (Å²) in [5.74, 6) is 0.532. The van der Waals surface area contributed by atoms with Gasteiger partial charge < -0.3 is 10.1 Å². The fraction of sp³-hybridized carbons (Fsp3) is 0.393. The van der Waals surface area contributed by atoms with E-state index in [1.807, 2.05) is 35.8 Å². The lowest BCUT2D eigenvalue weighted by atomic mass is 9.85. The average Bonchev–Trinajstić information content (AvgIpc) is 3.60. The Morgan fingerprint density at radius 2 is 2.10 bits per heavy atom. The number of nitrogens with zero attached hydrogens (tertiary/aromatic N) is 5. The third kappa shape index (κ3) is 5.82. The fourth-order valence-corrected chi connectivity index (χ4v) is 7.31. The van der Waals surface area contributed by atoms with Crippen molar-refractivity contribution in [3.05, 3.63) is 57.1 Å². The highest BCUT2D eigenvalue weighted by Gasteiger charge is 2.30. The van der Waals surface area contributed by atoms with Gasteiger partial charge in [0.2, 0.25) is 5.91 Å². The molecule has 0 saturated heterocycles. The van der Waals surface area contributed by atoms with E-state index in [-0.39, 0.29) is 24.2 Å². The summed E-state index contributed by atoms with van der Waals surface area (Å²) in [6.07, 6.45) is 5.58. The number of carbonyl (C=O) groups excluding carboxylic acids is 2. The van der Waals surface area contributed by atoms with Gasteiger partial charge in [-0.2, -0.15) is 5.10 Å². The molecular formula is C28H31ClN6O3S2. The smallest absolute Gasteiger partial charge is 0.341 e. The molecule has 0 fully saturated rings. The fourth-order valence-electron chi connectivity index (χ4n) is 4.93. The van der Waals surface area contributed by atoms with E-state index < -0.39 is 0 Å². The molecule has 1 aromatic carbocycles. The van der Waals surface area contributed by atoms with E-state index >= 15 is 0 Å². The maximum Gasteiger partial charge on any atom is 0.341 e. The van der Waals surface area contributed by atoms with Crippen LogP contribution in [0.3, 0.4) is 0 Å². The minimum atomic E-state index is -0.381. The molecule has 1 aliphatic rings. The molecule has 12 heteroatoms. The summed E-state index contributed by atoms with van der Waals surface area (Å²) in [5, 5.41) is 17.8. The van der Waals surface area contributed by atoms with Crippen LogP contribution < -0.4 is 5.32 Å². The van der Waals surface area contributed by atoms with Gasteiger partial charge >= 0.3 is 5.97 Å². The number of fused-ring (bicyclic) bond motifs is 1. The van der Waals surface area contributed by atoms with Crippen LogP contribution in [0.1, 0.15) is 53.1 Å². The maximum absolute atomic E-state index is 13.2. The molecule has 5 rings (SSSR count). The summed E-state index contributed by atoms with van der Waals surface area (Å²) in [6.45, 7) is 6.27. The number of ether oxygens (including phenoxy) is 1. The Bertz CT molecular complexity index is 1560. The van der Waals surface area contributed by atoms with Crippen molar-refractivity contribution in [3.8, 4) is 17.2 Å². The minimum Gasteiger partial charge on any atom is -0.462 e. The molecule has 1 atom stereocenters. The zero-order valence-electron chi connectivity index (χ0n) is 22.9. The number of nitrogens with one attached hydrogen (secondary N) is 1. The Hall–Kier alpha value is -3.15. The van der Waals surface area contributed by atoms with Crippen LogP contribution in [0, 0.1) is 12.8 Å². The van der Waals surface area contributed by atoms with Gasteiger partial charge in [-0.1, -0.05) is 48.8 Å². The van der Waals surface area contributed by atoms with Crippen molar-refractivity contribution >= 4 is 51.6 Å². The van der Waals surface area contributed by atoms with E-state index in [1.165, 1.54) is 28.0 Å². The van der Waals surface area contributed by atoms with Crippen LogP contribution >= 0.6 is 34.7 Å². The molecule has 0 spiro atoms. The lowest BCUT2D eigenvalue weighted by Crippen LogP contribution is -2.18. The molecule has 0 aliphatic heterocycles. The molecule has 1 N–H and O–H groups in total. The van der Waals surface area contributed by atoms with E-state index in [0.717, 1.165) is 42.5 Å². The van der Waals surface area contributed by atoms with Crippen molar-refractivity contribution in [1.82, 2.24) is 24.5 Å². The molecule has 0 bridgehead atoms. The first-order valence-corrected chi connectivity index (χ1v) is 15.4. The van der Waals surface area contributed by atoms with Crippen molar-refractivity contribution in [2.24, 2.45) is 13.0 Å². The van der Waals surface area contributed by atoms with Crippen LogP contribution in [0.5, 0.6) is 0 Å². The molecule has 210 valence electrons. The Morgan fingerprint density at radius 3 is 2.80 bits per heavy atom. The Balaban J connectivity index is 1.40. The molecule has 4 aromatic rings. The van der Waals surface area contributed by atoms with E-state index in [1.54, 1.807) is 24.9 Å².